The molecule has 0 saturated heterocycles. The Balaban J connectivity index is 1.87. The lowest BCUT2D eigenvalue weighted by Gasteiger charge is -2.18. The second-order valence-electron chi connectivity index (χ2n) is 5.68. The lowest BCUT2D eigenvalue weighted by atomic mass is 9.96. The van der Waals surface area contributed by atoms with E-state index >= 15 is 0 Å². The van der Waals surface area contributed by atoms with E-state index in [0.717, 1.165) is 6.42 Å². The molecule has 0 fully saturated rings. The molecule has 1 aromatic heterocycles. The van der Waals surface area contributed by atoms with Crippen LogP contribution in [0, 0.1) is 0 Å². The van der Waals surface area contributed by atoms with Crippen LogP contribution >= 0.6 is 11.6 Å². The minimum absolute atomic E-state index is 0.216. The van der Waals surface area contributed by atoms with Crippen molar-refractivity contribution in [2.24, 2.45) is 0 Å². The molecule has 0 saturated carbocycles. The fraction of sp³-hybridized carbons (Fsp3) is 0.316. The van der Waals surface area contributed by atoms with Gasteiger partial charge in [-0.1, -0.05) is 48.9 Å². The molecular formula is C19H21ClN2O3. The monoisotopic (exact) mass is 360 g/mol. The average Bonchev–Trinajstić information content (AvgIpc) is 2.63. The summed E-state index contributed by atoms with van der Waals surface area (Å²) in [6.45, 7) is 4.10. The van der Waals surface area contributed by atoms with Gasteiger partial charge in [-0.2, -0.15) is 0 Å². The van der Waals surface area contributed by atoms with Crippen LogP contribution in [0.2, 0.25) is 5.15 Å². The van der Waals surface area contributed by atoms with Crippen LogP contribution in [0.3, 0.4) is 0 Å². The molecule has 1 aromatic carbocycles. The van der Waals surface area contributed by atoms with Crippen LogP contribution in [0.5, 0.6) is 0 Å². The number of hydrogen-bond acceptors (Lipinski definition) is 4. The molecule has 2 rings (SSSR count). The summed E-state index contributed by atoms with van der Waals surface area (Å²) in [6.07, 6.45) is 1.32. The third-order valence-corrected chi connectivity index (χ3v) is 4.13. The minimum Gasteiger partial charge on any atom is -0.449 e. The summed E-state index contributed by atoms with van der Waals surface area (Å²) in [7, 11) is 0. The van der Waals surface area contributed by atoms with Crippen molar-refractivity contribution in [3.05, 3.63) is 64.9 Å². The Hall–Kier alpha value is -2.40. The number of hydrogen-bond donors (Lipinski definition) is 1. The molecule has 0 aliphatic carbocycles. The Labute approximate surface area is 152 Å². The van der Waals surface area contributed by atoms with E-state index < -0.39 is 12.1 Å². The first-order valence-electron chi connectivity index (χ1n) is 8.16. The van der Waals surface area contributed by atoms with E-state index in [4.69, 9.17) is 16.3 Å². The number of carbonyl (C=O) groups excluding carboxylic acids is 2. The molecule has 25 heavy (non-hydrogen) atoms. The number of amides is 1. The highest BCUT2D eigenvalue weighted by Gasteiger charge is 2.20. The lowest BCUT2D eigenvalue weighted by Crippen LogP contribution is -2.38. The van der Waals surface area contributed by atoms with Gasteiger partial charge in [0.15, 0.2) is 6.10 Å². The average molecular weight is 361 g/mol. The number of pyridine rings is 1. The highest BCUT2D eigenvalue weighted by Crippen LogP contribution is 2.18. The summed E-state index contributed by atoms with van der Waals surface area (Å²) in [6, 6.07) is 13.0. The Morgan fingerprint density at radius 1 is 1.20 bits per heavy atom. The molecule has 0 bridgehead atoms. The zero-order valence-electron chi connectivity index (χ0n) is 14.2. The Kier molecular flexibility index (Phi) is 6.95. The number of esters is 1. The molecule has 6 heteroatoms. The summed E-state index contributed by atoms with van der Waals surface area (Å²) >= 11 is 5.68. The smallest absolute Gasteiger partial charge is 0.340 e. The van der Waals surface area contributed by atoms with Gasteiger partial charge in [0.25, 0.3) is 5.91 Å². The highest BCUT2D eigenvalue weighted by molar-refractivity contribution is 6.29. The van der Waals surface area contributed by atoms with Crippen molar-refractivity contribution >= 4 is 23.5 Å². The second kappa shape index (κ2) is 9.18. The summed E-state index contributed by atoms with van der Waals surface area (Å²) in [4.78, 5) is 28.0. The van der Waals surface area contributed by atoms with Gasteiger partial charge < -0.3 is 10.1 Å². The molecule has 0 aliphatic rings. The summed E-state index contributed by atoms with van der Waals surface area (Å²) in [5, 5.41) is 3.13. The Morgan fingerprint density at radius 2 is 1.92 bits per heavy atom. The normalized spacial score (nSPS) is 12.9. The maximum absolute atomic E-state index is 12.2. The standard InChI is InChI=1S/C19H21ClN2O3/c1-3-14(15-7-5-4-6-8-15)11-22-18(23)13(2)25-19(24)16-9-10-17(20)21-12-16/h4-10,12-14H,3,11H2,1-2H3,(H,22,23)/t13-,14+/m0/s1. The van der Waals surface area contributed by atoms with E-state index in [1.807, 2.05) is 30.3 Å². The summed E-state index contributed by atoms with van der Waals surface area (Å²) < 4.78 is 5.18. The van der Waals surface area contributed by atoms with Crippen LogP contribution in [0.25, 0.3) is 0 Å². The fourth-order valence-electron chi connectivity index (χ4n) is 2.37. The van der Waals surface area contributed by atoms with Gasteiger partial charge in [-0.05, 0) is 31.0 Å². The molecule has 132 valence electrons. The third kappa shape index (κ3) is 5.57. The molecular weight excluding hydrogens is 340 g/mol. The van der Waals surface area contributed by atoms with Crippen LogP contribution in [0.15, 0.2) is 48.7 Å². The number of halogens is 1. The molecule has 0 radical (unpaired) electrons. The van der Waals surface area contributed by atoms with Crippen LogP contribution in [-0.4, -0.2) is 29.5 Å². The van der Waals surface area contributed by atoms with E-state index in [9.17, 15) is 9.59 Å². The lowest BCUT2D eigenvalue weighted by molar-refractivity contribution is -0.129. The maximum atomic E-state index is 12.2. The molecule has 1 N–H and O–H groups in total. The van der Waals surface area contributed by atoms with E-state index in [2.05, 4.69) is 17.2 Å². The second-order valence-corrected chi connectivity index (χ2v) is 6.07. The van der Waals surface area contributed by atoms with Gasteiger partial charge in [0.2, 0.25) is 0 Å². The minimum atomic E-state index is -0.892. The predicted molar refractivity (Wildman–Crippen MR) is 96.6 cm³/mol. The van der Waals surface area contributed by atoms with Crippen molar-refractivity contribution in [3.8, 4) is 0 Å². The van der Waals surface area contributed by atoms with E-state index in [-0.39, 0.29) is 22.5 Å². The third-order valence-electron chi connectivity index (χ3n) is 3.90. The van der Waals surface area contributed by atoms with Crippen molar-refractivity contribution in [2.75, 3.05) is 6.54 Å². The largest absolute Gasteiger partial charge is 0.449 e. The zero-order valence-corrected chi connectivity index (χ0v) is 15.0. The number of aromatic nitrogens is 1. The summed E-state index contributed by atoms with van der Waals surface area (Å²) in [5.41, 5.74) is 1.42. The van der Waals surface area contributed by atoms with Gasteiger partial charge >= 0.3 is 5.97 Å². The number of carbonyl (C=O) groups is 2. The summed E-state index contributed by atoms with van der Waals surface area (Å²) in [5.74, 6) is -0.722. The molecule has 1 amide bonds. The molecule has 1 heterocycles. The van der Waals surface area contributed by atoms with E-state index in [1.165, 1.54) is 23.9 Å². The Bertz CT molecular complexity index is 704. The van der Waals surface area contributed by atoms with Crippen molar-refractivity contribution in [1.82, 2.24) is 10.3 Å². The first kappa shape index (κ1) is 18.9. The van der Waals surface area contributed by atoms with Gasteiger partial charge in [0.1, 0.15) is 5.15 Å². The van der Waals surface area contributed by atoms with Crippen molar-refractivity contribution in [2.45, 2.75) is 32.3 Å². The first-order chi connectivity index (χ1) is 12.0. The van der Waals surface area contributed by atoms with Crippen LogP contribution in [0.4, 0.5) is 0 Å². The van der Waals surface area contributed by atoms with Gasteiger partial charge in [0.05, 0.1) is 5.56 Å². The highest BCUT2D eigenvalue weighted by atomic mass is 35.5. The SMILES string of the molecule is CC[C@H](CNC(=O)[C@H](C)OC(=O)c1ccc(Cl)nc1)c1ccccc1. The fourth-order valence-corrected chi connectivity index (χ4v) is 2.48. The molecule has 5 nitrogen and oxygen atoms in total. The predicted octanol–water partition coefficient (Wildman–Crippen LogP) is 3.59. The van der Waals surface area contributed by atoms with Crippen molar-refractivity contribution in [3.63, 3.8) is 0 Å². The van der Waals surface area contributed by atoms with Crippen LogP contribution in [-0.2, 0) is 9.53 Å². The van der Waals surface area contributed by atoms with Gasteiger partial charge in [-0.15, -0.1) is 0 Å². The number of benzene rings is 1. The molecule has 2 aromatic rings. The van der Waals surface area contributed by atoms with Crippen molar-refractivity contribution in [1.29, 1.82) is 0 Å². The molecule has 0 aliphatic heterocycles. The number of rotatable bonds is 7. The van der Waals surface area contributed by atoms with Crippen LogP contribution < -0.4 is 5.32 Å². The van der Waals surface area contributed by atoms with Gasteiger partial charge in [0, 0.05) is 18.7 Å². The molecule has 0 spiro atoms. The van der Waals surface area contributed by atoms with E-state index in [0.29, 0.717) is 6.54 Å². The van der Waals surface area contributed by atoms with Gasteiger partial charge in [-0.3, -0.25) is 4.79 Å². The Morgan fingerprint density at radius 3 is 2.52 bits per heavy atom. The maximum Gasteiger partial charge on any atom is 0.340 e. The molecule has 0 unspecified atom stereocenters. The molecule has 2 atom stereocenters. The van der Waals surface area contributed by atoms with Gasteiger partial charge in [-0.25, -0.2) is 9.78 Å². The van der Waals surface area contributed by atoms with Crippen molar-refractivity contribution < 1.29 is 14.3 Å². The number of nitrogens with one attached hydrogen (secondary N) is 1. The van der Waals surface area contributed by atoms with E-state index in [1.54, 1.807) is 6.92 Å². The first-order valence-corrected chi connectivity index (χ1v) is 8.54. The van der Waals surface area contributed by atoms with Crippen LogP contribution in [0.1, 0.15) is 42.1 Å². The topological polar surface area (TPSA) is 68.3 Å². The zero-order chi connectivity index (χ0) is 18.2. The quantitative estimate of drug-likeness (QED) is 0.605. The number of nitrogens with zero attached hydrogens (tertiary/aromatic N) is 1. The number of ether oxygens (including phenoxy) is 1.